The molecule has 1 saturated carbocycles. The first-order valence-electron chi connectivity index (χ1n) is 10.1. The number of hydrogen-bond acceptors (Lipinski definition) is 7. The zero-order valence-corrected chi connectivity index (χ0v) is 17.2. The molecule has 1 unspecified atom stereocenters. The SMILES string of the molecule is Nc1nc(ONC(=C2CCCCC2)C(F)(F)F)cc(-c2ccc(CC(N)C(=O)O)cc2)n1. The van der Waals surface area contributed by atoms with Crippen LogP contribution >= 0.6 is 0 Å². The number of rotatable bonds is 7. The van der Waals surface area contributed by atoms with Crippen LogP contribution in [0, 0.1) is 0 Å². The fraction of sp³-hybridized carbons (Fsp3) is 0.381. The van der Waals surface area contributed by atoms with Gasteiger partial charge in [0.05, 0.1) is 5.69 Å². The van der Waals surface area contributed by atoms with E-state index in [-0.39, 0.29) is 23.8 Å². The molecule has 1 fully saturated rings. The van der Waals surface area contributed by atoms with Crippen molar-refractivity contribution in [2.75, 3.05) is 5.73 Å². The molecule has 11 heteroatoms. The second-order valence-corrected chi connectivity index (χ2v) is 7.54. The molecule has 1 aliphatic rings. The molecule has 1 aliphatic carbocycles. The first-order valence-corrected chi connectivity index (χ1v) is 10.1. The van der Waals surface area contributed by atoms with Gasteiger partial charge in [-0.1, -0.05) is 30.7 Å². The predicted octanol–water partition coefficient (Wildman–Crippen LogP) is 3.34. The Bertz CT molecular complexity index is 985. The largest absolute Gasteiger partial charge is 0.480 e. The molecule has 3 rings (SSSR count). The van der Waals surface area contributed by atoms with Gasteiger partial charge >= 0.3 is 12.1 Å². The summed E-state index contributed by atoms with van der Waals surface area (Å²) < 4.78 is 40.5. The first kappa shape index (κ1) is 23.3. The monoisotopic (exact) mass is 451 g/mol. The molecule has 8 nitrogen and oxygen atoms in total. The zero-order valence-electron chi connectivity index (χ0n) is 17.2. The summed E-state index contributed by atoms with van der Waals surface area (Å²) in [5.41, 5.74) is 14.3. The minimum Gasteiger partial charge on any atom is -0.480 e. The van der Waals surface area contributed by atoms with E-state index in [0.717, 1.165) is 6.42 Å². The Morgan fingerprint density at radius 3 is 2.41 bits per heavy atom. The Hall–Kier alpha value is -3.34. The number of hydroxylamine groups is 1. The highest BCUT2D eigenvalue weighted by molar-refractivity contribution is 5.73. The summed E-state index contributed by atoms with van der Waals surface area (Å²) in [6.07, 6.45) is -1.40. The van der Waals surface area contributed by atoms with E-state index < -0.39 is 23.9 Å². The molecule has 0 spiro atoms. The molecule has 6 N–H and O–H groups in total. The number of nitrogens with zero attached hydrogens (tertiary/aromatic N) is 2. The minimum atomic E-state index is -4.58. The van der Waals surface area contributed by atoms with Crippen molar-refractivity contribution in [1.29, 1.82) is 0 Å². The number of aliphatic carboxylic acids is 1. The van der Waals surface area contributed by atoms with Crippen LogP contribution < -0.4 is 21.8 Å². The van der Waals surface area contributed by atoms with Crippen LogP contribution in [-0.4, -0.2) is 33.3 Å². The van der Waals surface area contributed by atoms with Crippen LogP contribution in [0.4, 0.5) is 19.1 Å². The Morgan fingerprint density at radius 2 is 1.81 bits per heavy atom. The lowest BCUT2D eigenvalue weighted by Crippen LogP contribution is -2.32. The molecule has 1 aromatic carbocycles. The van der Waals surface area contributed by atoms with E-state index >= 15 is 0 Å². The fourth-order valence-electron chi connectivity index (χ4n) is 3.46. The lowest BCUT2D eigenvalue weighted by atomic mass is 9.93. The third-order valence-corrected chi connectivity index (χ3v) is 5.09. The van der Waals surface area contributed by atoms with Crippen LogP contribution in [-0.2, 0) is 11.2 Å². The average Bonchev–Trinajstić information content (AvgIpc) is 2.74. The normalized spacial score (nSPS) is 15.2. The van der Waals surface area contributed by atoms with Gasteiger partial charge in [0.25, 0.3) is 5.88 Å². The molecular formula is C21H24F3N5O3. The van der Waals surface area contributed by atoms with Gasteiger partial charge in [0.15, 0.2) is 5.70 Å². The number of benzene rings is 1. The van der Waals surface area contributed by atoms with E-state index in [1.54, 1.807) is 24.3 Å². The molecule has 1 aromatic heterocycles. The lowest BCUT2D eigenvalue weighted by Gasteiger charge is -2.22. The van der Waals surface area contributed by atoms with Gasteiger partial charge in [0.2, 0.25) is 5.95 Å². The second kappa shape index (κ2) is 9.86. The van der Waals surface area contributed by atoms with Crippen LogP contribution in [0.5, 0.6) is 5.88 Å². The van der Waals surface area contributed by atoms with Gasteiger partial charge in [0, 0.05) is 11.6 Å². The fourth-order valence-corrected chi connectivity index (χ4v) is 3.46. The number of anilines is 1. The van der Waals surface area contributed by atoms with Gasteiger partial charge < -0.3 is 21.4 Å². The molecule has 0 radical (unpaired) electrons. The zero-order chi connectivity index (χ0) is 23.3. The van der Waals surface area contributed by atoms with Gasteiger partial charge in [-0.15, -0.1) is 0 Å². The van der Waals surface area contributed by atoms with E-state index in [2.05, 4.69) is 9.97 Å². The molecule has 1 heterocycles. The quantitative estimate of drug-likeness (QED) is 0.471. The summed E-state index contributed by atoms with van der Waals surface area (Å²) in [7, 11) is 0. The van der Waals surface area contributed by atoms with Crippen LogP contribution in [0.15, 0.2) is 41.6 Å². The van der Waals surface area contributed by atoms with E-state index in [9.17, 15) is 18.0 Å². The molecule has 0 amide bonds. The van der Waals surface area contributed by atoms with Crippen molar-refractivity contribution < 1.29 is 27.9 Å². The Kier molecular flexibility index (Phi) is 7.18. The number of nitrogen functional groups attached to an aromatic ring is 1. The summed E-state index contributed by atoms with van der Waals surface area (Å²) in [6, 6.07) is 7.06. The molecule has 0 aliphatic heterocycles. The van der Waals surface area contributed by atoms with Crippen LogP contribution in [0.25, 0.3) is 11.3 Å². The van der Waals surface area contributed by atoms with Gasteiger partial charge in [-0.3, -0.25) is 4.79 Å². The van der Waals surface area contributed by atoms with Crippen molar-refractivity contribution in [2.24, 2.45) is 5.73 Å². The highest BCUT2D eigenvalue weighted by atomic mass is 19.4. The van der Waals surface area contributed by atoms with E-state index in [1.807, 2.05) is 5.48 Å². The summed E-state index contributed by atoms with van der Waals surface area (Å²) in [5.74, 6) is -1.44. The summed E-state index contributed by atoms with van der Waals surface area (Å²) >= 11 is 0. The number of halogens is 3. The average molecular weight is 451 g/mol. The third-order valence-electron chi connectivity index (χ3n) is 5.09. The first-order chi connectivity index (χ1) is 15.1. The van der Waals surface area contributed by atoms with Crippen molar-refractivity contribution in [3.8, 4) is 17.1 Å². The van der Waals surface area contributed by atoms with Gasteiger partial charge in [0.1, 0.15) is 6.04 Å². The van der Waals surface area contributed by atoms with Gasteiger partial charge in [-0.2, -0.15) is 18.2 Å². The minimum absolute atomic E-state index is 0.148. The lowest BCUT2D eigenvalue weighted by molar-refractivity contribution is -0.138. The van der Waals surface area contributed by atoms with Crippen molar-refractivity contribution in [2.45, 2.75) is 50.7 Å². The number of nitrogens with one attached hydrogen (secondary N) is 1. The summed E-state index contributed by atoms with van der Waals surface area (Å²) in [4.78, 5) is 24.0. The van der Waals surface area contributed by atoms with Gasteiger partial charge in [-0.05, 0) is 43.2 Å². The molecule has 2 aromatic rings. The number of carbonyl (C=O) groups is 1. The Morgan fingerprint density at radius 1 is 1.16 bits per heavy atom. The number of aromatic nitrogens is 2. The summed E-state index contributed by atoms with van der Waals surface area (Å²) in [6.45, 7) is 0. The second-order valence-electron chi connectivity index (χ2n) is 7.54. The van der Waals surface area contributed by atoms with Crippen LogP contribution in [0.3, 0.4) is 0 Å². The maximum Gasteiger partial charge on any atom is 0.434 e. The van der Waals surface area contributed by atoms with E-state index in [4.69, 9.17) is 21.4 Å². The highest BCUT2D eigenvalue weighted by Gasteiger charge is 2.37. The number of carboxylic acid groups (broad SMARTS) is 1. The standard InChI is InChI=1S/C21H24F3N5O3/c22-21(23,24)18(14-4-2-1-3-5-14)29-32-17-11-16(27-20(26)28-17)13-8-6-12(7-9-13)10-15(25)19(30)31/h6-9,11,15,29H,1-5,10,25H2,(H,30,31)(H2,26,27,28). The number of allylic oxidation sites excluding steroid dienone is 2. The molecule has 32 heavy (non-hydrogen) atoms. The predicted molar refractivity (Wildman–Crippen MR) is 111 cm³/mol. The van der Waals surface area contributed by atoms with Gasteiger partial charge in [-0.25, -0.2) is 10.5 Å². The third kappa shape index (κ3) is 6.10. The number of alkyl halides is 3. The molecule has 0 saturated heterocycles. The van der Waals surface area contributed by atoms with E-state index in [0.29, 0.717) is 42.5 Å². The highest BCUT2D eigenvalue weighted by Crippen LogP contribution is 2.33. The smallest absolute Gasteiger partial charge is 0.434 e. The Labute approximate surface area is 182 Å². The van der Waals surface area contributed by atoms with Crippen LogP contribution in [0.2, 0.25) is 0 Å². The molecular weight excluding hydrogens is 427 g/mol. The topological polar surface area (TPSA) is 136 Å². The maximum atomic E-state index is 13.5. The van der Waals surface area contributed by atoms with Crippen molar-refractivity contribution in [1.82, 2.24) is 15.4 Å². The van der Waals surface area contributed by atoms with E-state index in [1.165, 1.54) is 6.07 Å². The summed E-state index contributed by atoms with van der Waals surface area (Å²) in [5, 5.41) is 8.91. The number of hydrogen-bond donors (Lipinski definition) is 4. The maximum absolute atomic E-state index is 13.5. The molecule has 1 atom stereocenters. The molecule has 172 valence electrons. The number of carboxylic acids is 1. The molecule has 0 bridgehead atoms. The Balaban J connectivity index is 1.77. The van der Waals surface area contributed by atoms with Crippen molar-refractivity contribution in [3.05, 3.63) is 47.2 Å². The van der Waals surface area contributed by atoms with Crippen molar-refractivity contribution in [3.63, 3.8) is 0 Å². The van der Waals surface area contributed by atoms with Crippen LogP contribution in [0.1, 0.15) is 37.7 Å². The number of nitrogens with two attached hydrogens (primary N) is 2. The van der Waals surface area contributed by atoms with Crippen molar-refractivity contribution >= 4 is 11.9 Å².